The second kappa shape index (κ2) is 7.25. The Balaban J connectivity index is 4.17. The minimum Gasteiger partial charge on any atom is -0.549 e. The Hall–Kier alpha value is -1.24. The lowest BCUT2D eigenvalue weighted by Crippen LogP contribution is -2.44. The molecule has 0 aromatic heterocycles. The molecule has 0 aliphatic rings. The molecular formula is C11H18O6S. The van der Waals surface area contributed by atoms with Gasteiger partial charge in [-0.1, -0.05) is 0 Å². The minimum atomic E-state index is -1.76. The number of carbonyl (C=O) groups is 3. The largest absolute Gasteiger partial charge is 0.549 e. The Labute approximate surface area is 109 Å². The molecule has 0 radical (unpaired) electrons. The number of esters is 1. The van der Waals surface area contributed by atoms with Crippen molar-refractivity contribution in [2.45, 2.75) is 27.7 Å². The number of rotatable bonds is 6. The molecule has 0 aromatic carbocycles. The fourth-order valence-corrected chi connectivity index (χ4v) is 2.01. The SMILES string of the molecule is CC[S+](CC)C(=O)OCOC(=O)C(C)(C)C(=O)[O-]. The Morgan fingerprint density at radius 1 is 1.11 bits per heavy atom. The summed E-state index contributed by atoms with van der Waals surface area (Å²) in [6.07, 6.45) is 0. The van der Waals surface area contributed by atoms with E-state index in [0.29, 0.717) is 11.5 Å². The first-order valence-corrected chi connectivity index (χ1v) is 7.06. The van der Waals surface area contributed by atoms with Gasteiger partial charge in [-0.2, -0.15) is 4.79 Å². The molecule has 0 fully saturated rings. The predicted molar refractivity (Wildman–Crippen MR) is 64.7 cm³/mol. The topological polar surface area (TPSA) is 92.7 Å². The van der Waals surface area contributed by atoms with Crippen molar-refractivity contribution in [3.05, 3.63) is 0 Å². The summed E-state index contributed by atoms with van der Waals surface area (Å²) in [5.41, 5.74) is -1.76. The van der Waals surface area contributed by atoms with Crippen LogP contribution >= 0.6 is 0 Å². The zero-order valence-electron chi connectivity index (χ0n) is 11.0. The molecule has 0 aliphatic carbocycles. The molecule has 0 saturated carbocycles. The number of ether oxygens (including phenoxy) is 2. The van der Waals surface area contributed by atoms with Gasteiger partial charge < -0.3 is 19.4 Å². The van der Waals surface area contributed by atoms with Gasteiger partial charge in [0.1, 0.15) is 27.8 Å². The van der Waals surface area contributed by atoms with Crippen molar-refractivity contribution >= 4 is 28.1 Å². The summed E-state index contributed by atoms with van der Waals surface area (Å²) >= 11 is 0. The van der Waals surface area contributed by atoms with E-state index in [0.717, 1.165) is 13.8 Å². The fraction of sp³-hybridized carbons (Fsp3) is 0.727. The second-order valence-corrected chi connectivity index (χ2v) is 6.40. The third-order valence-corrected chi connectivity index (χ3v) is 4.30. The van der Waals surface area contributed by atoms with Crippen LogP contribution in [0, 0.1) is 5.41 Å². The molecule has 0 unspecified atom stereocenters. The number of carboxylic acids is 1. The molecule has 7 heteroatoms. The average Bonchev–Trinajstić information content (AvgIpc) is 2.30. The van der Waals surface area contributed by atoms with Gasteiger partial charge in [-0.3, -0.25) is 4.79 Å². The maximum absolute atomic E-state index is 11.4. The van der Waals surface area contributed by atoms with Crippen LogP contribution in [0.4, 0.5) is 4.79 Å². The number of carboxylic acid groups (broad SMARTS) is 1. The molecule has 0 heterocycles. The Kier molecular flexibility index (Phi) is 6.75. The fourth-order valence-electron chi connectivity index (χ4n) is 0.918. The molecule has 0 aliphatic heterocycles. The molecule has 0 rings (SSSR count). The maximum atomic E-state index is 11.4. The number of aliphatic carboxylic acids is 1. The molecule has 104 valence electrons. The molecule has 6 nitrogen and oxygen atoms in total. The van der Waals surface area contributed by atoms with Crippen molar-refractivity contribution in [3.8, 4) is 0 Å². The lowest BCUT2D eigenvalue weighted by molar-refractivity contribution is -0.316. The molecule has 0 bridgehead atoms. The van der Waals surface area contributed by atoms with Crippen molar-refractivity contribution in [2.24, 2.45) is 5.41 Å². The van der Waals surface area contributed by atoms with E-state index in [1.165, 1.54) is 0 Å². The highest BCUT2D eigenvalue weighted by Gasteiger charge is 2.32. The lowest BCUT2D eigenvalue weighted by atomic mass is 9.94. The maximum Gasteiger partial charge on any atom is 0.528 e. The summed E-state index contributed by atoms with van der Waals surface area (Å²) < 4.78 is 9.33. The summed E-state index contributed by atoms with van der Waals surface area (Å²) in [5, 5.41) is 10.2. The van der Waals surface area contributed by atoms with Crippen LogP contribution in [-0.2, 0) is 30.0 Å². The van der Waals surface area contributed by atoms with Gasteiger partial charge in [-0.25, -0.2) is 0 Å². The predicted octanol–water partition coefficient (Wildman–Crippen LogP) is 0.0579. The van der Waals surface area contributed by atoms with Crippen LogP contribution in [-0.4, -0.2) is 35.5 Å². The summed E-state index contributed by atoms with van der Waals surface area (Å²) in [6.45, 7) is 5.47. The van der Waals surface area contributed by atoms with Crippen LogP contribution in [0.15, 0.2) is 0 Å². The van der Waals surface area contributed by atoms with Crippen molar-refractivity contribution in [1.82, 2.24) is 0 Å². The Bertz CT molecular complexity index is 321. The first kappa shape index (κ1) is 16.8. The number of hydrogen-bond acceptors (Lipinski definition) is 6. The van der Waals surface area contributed by atoms with Gasteiger partial charge in [0.2, 0.25) is 6.79 Å². The smallest absolute Gasteiger partial charge is 0.528 e. The zero-order chi connectivity index (χ0) is 14.3. The normalized spacial score (nSPS) is 11.2. The van der Waals surface area contributed by atoms with Crippen molar-refractivity contribution in [3.63, 3.8) is 0 Å². The molecule has 0 N–H and O–H groups in total. The van der Waals surface area contributed by atoms with Crippen LogP contribution in [0.25, 0.3) is 0 Å². The van der Waals surface area contributed by atoms with E-state index in [1.807, 2.05) is 13.8 Å². The third-order valence-electron chi connectivity index (χ3n) is 2.32. The Morgan fingerprint density at radius 3 is 2.00 bits per heavy atom. The molecule has 0 amide bonds. The second-order valence-electron chi connectivity index (χ2n) is 3.93. The van der Waals surface area contributed by atoms with Crippen LogP contribution in [0.3, 0.4) is 0 Å². The van der Waals surface area contributed by atoms with E-state index >= 15 is 0 Å². The van der Waals surface area contributed by atoms with Crippen LogP contribution < -0.4 is 5.11 Å². The highest BCUT2D eigenvalue weighted by atomic mass is 32.2. The van der Waals surface area contributed by atoms with Crippen LogP contribution in [0.1, 0.15) is 27.7 Å². The summed E-state index contributed by atoms with van der Waals surface area (Å²) in [5.74, 6) is -1.22. The highest BCUT2D eigenvalue weighted by Crippen LogP contribution is 2.16. The summed E-state index contributed by atoms with van der Waals surface area (Å²) in [6, 6.07) is 0. The van der Waals surface area contributed by atoms with E-state index < -0.39 is 40.3 Å². The van der Waals surface area contributed by atoms with Crippen LogP contribution in [0.5, 0.6) is 0 Å². The van der Waals surface area contributed by atoms with Gasteiger partial charge in [0.15, 0.2) is 0 Å². The van der Waals surface area contributed by atoms with Gasteiger partial charge in [0.05, 0.1) is 5.97 Å². The third kappa shape index (κ3) is 4.56. The van der Waals surface area contributed by atoms with Crippen LogP contribution in [0.2, 0.25) is 0 Å². The van der Waals surface area contributed by atoms with Crippen molar-refractivity contribution < 1.29 is 29.0 Å². The molecule has 0 aromatic rings. The van der Waals surface area contributed by atoms with Gasteiger partial charge in [0, 0.05) is 0 Å². The summed E-state index contributed by atoms with van der Waals surface area (Å²) in [4.78, 5) is 33.4. The number of hydrogen-bond donors (Lipinski definition) is 0. The van der Waals surface area contributed by atoms with Gasteiger partial charge >= 0.3 is 11.3 Å². The highest BCUT2D eigenvalue weighted by molar-refractivity contribution is 8.10. The zero-order valence-corrected chi connectivity index (χ0v) is 11.8. The molecule has 0 saturated heterocycles. The standard InChI is InChI=1S/C11H18O6S/c1-5-18(6-2)10(15)17-7-16-9(14)11(3,4)8(12)13/h5-7H2,1-4H3. The molecular weight excluding hydrogens is 260 g/mol. The Morgan fingerprint density at radius 2 is 1.61 bits per heavy atom. The first-order chi connectivity index (χ1) is 8.27. The monoisotopic (exact) mass is 278 g/mol. The van der Waals surface area contributed by atoms with E-state index in [4.69, 9.17) is 4.74 Å². The summed E-state index contributed by atoms with van der Waals surface area (Å²) in [7, 11) is -0.509. The van der Waals surface area contributed by atoms with Crippen molar-refractivity contribution in [2.75, 3.05) is 18.3 Å². The van der Waals surface area contributed by atoms with Gasteiger partial charge in [-0.05, 0) is 27.7 Å². The molecule has 0 atom stereocenters. The van der Waals surface area contributed by atoms with Gasteiger partial charge in [0.25, 0.3) is 0 Å². The van der Waals surface area contributed by atoms with Gasteiger partial charge in [-0.15, -0.1) is 0 Å². The van der Waals surface area contributed by atoms with Crippen molar-refractivity contribution in [1.29, 1.82) is 0 Å². The first-order valence-electron chi connectivity index (χ1n) is 5.50. The van der Waals surface area contributed by atoms with E-state index in [1.54, 1.807) is 0 Å². The molecule has 0 spiro atoms. The number of carbonyl (C=O) groups excluding carboxylic acids is 3. The minimum absolute atomic E-state index is 0.431. The van der Waals surface area contributed by atoms with E-state index in [2.05, 4.69) is 4.74 Å². The lowest BCUT2D eigenvalue weighted by Gasteiger charge is -2.22. The van der Waals surface area contributed by atoms with E-state index in [-0.39, 0.29) is 0 Å². The average molecular weight is 278 g/mol. The van der Waals surface area contributed by atoms with E-state index in [9.17, 15) is 19.5 Å². The molecule has 18 heavy (non-hydrogen) atoms. The quantitative estimate of drug-likeness (QED) is 0.295.